The highest BCUT2D eigenvalue weighted by Gasteiger charge is 2.39. The van der Waals surface area contributed by atoms with Crippen LogP contribution in [0.1, 0.15) is 28.3 Å². The Kier molecular flexibility index (Phi) is 3.36. The van der Waals surface area contributed by atoms with E-state index < -0.39 is 0 Å². The molecule has 0 aliphatic heterocycles. The summed E-state index contributed by atoms with van der Waals surface area (Å²) in [6.07, 6.45) is 0.960. The molecule has 2 aromatic rings. The molecule has 2 atom stereocenters. The number of phenols is 1. The predicted octanol–water partition coefficient (Wildman–Crippen LogP) is 3.33. The number of carbonyl (C=O) groups excluding carboxylic acids is 1. The summed E-state index contributed by atoms with van der Waals surface area (Å²) >= 11 is 5.80. The van der Waals surface area contributed by atoms with E-state index >= 15 is 0 Å². The van der Waals surface area contributed by atoms with Crippen LogP contribution < -0.4 is 5.32 Å². The van der Waals surface area contributed by atoms with E-state index in [1.165, 1.54) is 17.7 Å². The summed E-state index contributed by atoms with van der Waals surface area (Å²) in [5.41, 5.74) is 1.72. The number of rotatable bonds is 3. The summed E-state index contributed by atoms with van der Waals surface area (Å²) in [7, 11) is 0. The Morgan fingerprint density at radius 1 is 1.20 bits per heavy atom. The van der Waals surface area contributed by atoms with Crippen molar-refractivity contribution in [1.29, 1.82) is 0 Å². The van der Waals surface area contributed by atoms with Crippen molar-refractivity contribution in [3.05, 3.63) is 64.7 Å². The van der Waals surface area contributed by atoms with E-state index in [0.717, 1.165) is 6.42 Å². The van der Waals surface area contributed by atoms with Crippen LogP contribution in [-0.2, 0) is 0 Å². The van der Waals surface area contributed by atoms with Gasteiger partial charge in [-0.15, -0.1) is 0 Å². The lowest BCUT2D eigenvalue weighted by Crippen LogP contribution is -2.26. The van der Waals surface area contributed by atoms with Crippen LogP contribution in [-0.4, -0.2) is 17.1 Å². The molecule has 1 aliphatic rings. The molecule has 4 heteroatoms. The van der Waals surface area contributed by atoms with Crippen LogP contribution in [0.25, 0.3) is 0 Å². The van der Waals surface area contributed by atoms with Gasteiger partial charge in [0.15, 0.2) is 0 Å². The van der Waals surface area contributed by atoms with Gasteiger partial charge in [0.25, 0.3) is 5.91 Å². The van der Waals surface area contributed by atoms with Crippen molar-refractivity contribution in [1.82, 2.24) is 5.32 Å². The third-order valence-electron chi connectivity index (χ3n) is 3.54. The van der Waals surface area contributed by atoms with Gasteiger partial charge >= 0.3 is 0 Å². The first-order valence-electron chi connectivity index (χ1n) is 6.49. The third kappa shape index (κ3) is 2.63. The van der Waals surface area contributed by atoms with Gasteiger partial charge in [0.05, 0.1) is 5.02 Å². The van der Waals surface area contributed by atoms with E-state index in [0.29, 0.717) is 11.5 Å². The molecule has 0 saturated heterocycles. The van der Waals surface area contributed by atoms with Crippen LogP contribution in [0.3, 0.4) is 0 Å². The maximum atomic E-state index is 12.1. The summed E-state index contributed by atoms with van der Waals surface area (Å²) < 4.78 is 0. The fourth-order valence-corrected chi connectivity index (χ4v) is 2.50. The van der Waals surface area contributed by atoms with Crippen molar-refractivity contribution < 1.29 is 9.90 Å². The van der Waals surface area contributed by atoms with E-state index in [1.807, 2.05) is 18.2 Å². The number of phenolic OH excluding ortho intramolecular Hbond substituents is 1. The van der Waals surface area contributed by atoms with Crippen molar-refractivity contribution in [2.24, 2.45) is 0 Å². The molecule has 1 amide bonds. The van der Waals surface area contributed by atoms with Crippen LogP contribution in [0, 0.1) is 0 Å². The number of benzene rings is 2. The van der Waals surface area contributed by atoms with E-state index in [4.69, 9.17) is 11.6 Å². The SMILES string of the molecule is O=C(NC1CC1c1ccccc1)c1ccc(O)c(Cl)c1. The average Bonchev–Trinajstić information content (AvgIpc) is 3.22. The second-order valence-electron chi connectivity index (χ2n) is 5.00. The summed E-state index contributed by atoms with van der Waals surface area (Å²) in [5.74, 6) is 0.222. The lowest BCUT2D eigenvalue weighted by Gasteiger charge is -2.06. The van der Waals surface area contributed by atoms with Gasteiger partial charge in [-0.3, -0.25) is 4.79 Å². The van der Waals surface area contributed by atoms with Crippen LogP contribution >= 0.6 is 11.6 Å². The second-order valence-corrected chi connectivity index (χ2v) is 5.41. The number of hydrogen-bond donors (Lipinski definition) is 2. The summed E-state index contributed by atoms with van der Waals surface area (Å²) in [5, 5.41) is 12.5. The van der Waals surface area contributed by atoms with E-state index in [1.54, 1.807) is 6.07 Å². The lowest BCUT2D eigenvalue weighted by molar-refractivity contribution is 0.0950. The molecule has 0 aromatic heterocycles. The number of carbonyl (C=O) groups is 1. The van der Waals surface area contributed by atoms with Crippen molar-refractivity contribution in [3.8, 4) is 5.75 Å². The maximum absolute atomic E-state index is 12.1. The molecular formula is C16H14ClNO2. The molecule has 102 valence electrons. The monoisotopic (exact) mass is 287 g/mol. The maximum Gasteiger partial charge on any atom is 0.251 e. The zero-order valence-corrected chi connectivity index (χ0v) is 11.5. The highest BCUT2D eigenvalue weighted by Crippen LogP contribution is 2.40. The molecule has 0 heterocycles. The molecular weight excluding hydrogens is 274 g/mol. The molecule has 0 radical (unpaired) electrons. The number of nitrogens with one attached hydrogen (secondary N) is 1. The molecule has 2 N–H and O–H groups in total. The molecule has 3 nitrogen and oxygen atoms in total. The number of halogens is 1. The number of amides is 1. The van der Waals surface area contributed by atoms with E-state index in [-0.39, 0.29) is 22.7 Å². The van der Waals surface area contributed by atoms with Gasteiger partial charge < -0.3 is 10.4 Å². The molecule has 0 spiro atoms. The molecule has 2 aromatic carbocycles. The van der Waals surface area contributed by atoms with Crippen LogP contribution in [0.4, 0.5) is 0 Å². The third-order valence-corrected chi connectivity index (χ3v) is 3.85. The van der Waals surface area contributed by atoms with Crippen LogP contribution in [0.2, 0.25) is 5.02 Å². The first-order chi connectivity index (χ1) is 9.65. The van der Waals surface area contributed by atoms with Crippen molar-refractivity contribution >= 4 is 17.5 Å². The fourth-order valence-electron chi connectivity index (χ4n) is 2.32. The summed E-state index contributed by atoms with van der Waals surface area (Å²) in [6.45, 7) is 0. The summed E-state index contributed by atoms with van der Waals surface area (Å²) in [4.78, 5) is 12.1. The van der Waals surface area contributed by atoms with Gasteiger partial charge in [-0.25, -0.2) is 0 Å². The molecule has 1 aliphatic carbocycles. The normalized spacial score (nSPS) is 20.4. The van der Waals surface area contributed by atoms with Gasteiger partial charge in [0.2, 0.25) is 0 Å². The zero-order chi connectivity index (χ0) is 14.1. The Hall–Kier alpha value is -2.00. The molecule has 0 bridgehead atoms. The summed E-state index contributed by atoms with van der Waals surface area (Å²) in [6, 6.07) is 14.8. The topological polar surface area (TPSA) is 49.3 Å². The smallest absolute Gasteiger partial charge is 0.251 e. The van der Waals surface area contributed by atoms with Crippen LogP contribution in [0.5, 0.6) is 5.75 Å². The first-order valence-corrected chi connectivity index (χ1v) is 6.87. The standard InChI is InChI=1S/C16H14ClNO2/c17-13-8-11(6-7-15(13)19)16(20)18-14-9-12(14)10-4-2-1-3-5-10/h1-8,12,14,19H,9H2,(H,18,20). The highest BCUT2D eigenvalue weighted by atomic mass is 35.5. The van der Waals surface area contributed by atoms with Crippen molar-refractivity contribution in [3.63, 3.8) is 0 Å². The van der Waals surface area contributed by atoms with Gasteiger partial charge in [0, 0.05) is 17.5 Å². The quantitative estimate of drug-likeness (QED) is 0.910. The molecule has 1 saturated carbocycles. The van der Waals surface area contributed by atoms with Gasteiger partial charge in [-0.05, 0) is 30.2 Å². The van der Waals surface area contributed by atoms with Crippen molar-refractivity contribution in [2.75, 3.05) is 0 Å². The largest absolute Gasteiger partial charge is 0.506 e. The van der Waals surface area contributed by atoms with E-state index in [2.05, 4.69) is 17.4 Å². The van der Waals surface area contributed by atoms with Gasteiger partial charge in [0.1, 0.15) is 5.75 Å². The van der Waals surface area contributed by atoms with Gasteiger partial charge in [-0.1, -0.05) is 41.9 Å². The Balaban J connectivity index is 1.65. The number of hydrogen-bond acceptors (Lipinski definition) is 2. The Labute approximate surface area is 122 Å². The number of aromatic hydroxyl groups is 1. The van der Waals surface area contributed by atoms with E-state index in [9.17, 15) is 9.90 Å². The lowest BCUT2D eigenvalue weighted by atomic mass is 10.1. The predicted molar refractivity (Wildman–Crippen MR) is 78.2 cm³/mol. The Morgan fingerprint density at radius 2 is 1.95 bits per heavy atom. The Morgan fingerprint density at radius 3 is 2.65 bits per heavy atom. The average molecular weight is 288 g/mol. The highest BCUT2D eigenvalue weighted by molar-refractivity contribution is 6.32. The first kappa shape index (κ1) is 13.0. The molecule has 2 unspecified atom stereocenters. The minimum Gasteiger partial charge on any atom is -0.506 e. The Bertz CT molecular complexity index is 642. The van der Waals surface area contributed by atoms with Crippen LogP contribution in [0.15, 0.2) is 48.5 Å². The second kappa shape index (κ2) is 5.17. The fraction of sp³-hybridized carbons (Fsp3) is 0.188. The van der Waals surface area contributed by atoms with Crippen molar-refractivity contribution in [2.45, 2.75) is 18.4 Å². The minimum absolute atomic E-state index is 0.0169. The molecule has 3 rings (SSSR count). The van der Waals surface area contributed by atoms with Gasteiger partial charge in [-0.2, -0.15) is 0 Å². The molecule has 20 heavy (non-hydrogen) atoms. The zero-order valence-electron chi connectivity index (χ0n) is 10.7. The minimum atomic E-state index is -0.157. The molecule has 1 fully saturated rings.